The van der Waals surface area contributed by atoms with E-state index in [0.29, 0.717) is 33.1 Å². The molecule has 0 spiro atoms. The van der Waals surface area contributed by atoms with Crippen LogP contribution in [0, 0.1) is 13.8 Å². The summed E-state index contributed by atoms with van der Waals surface area (Å²) >= 11 is 1.37. The molecule has 1 aliphatic heterocycles. The Kier molecular flexibility index (Phi) is 6.89. The van der Waals surface area contributed by atoms with Gasteiger partial charge in [-0.2, -0.15) is 10.1 Å². The Morgan fingerprint density at radius 1 is 1.22 bits per heavy atom. The summed E-state index contributed by atoms with van der Waals surface area (Å²) < 4.78 is 7.26. The Balaban J connectivity index is 1.96. The summed E-state index contributed by atoms with van der Waals surface area (Å²) in [5.41, 5.74) is 3.34. The molecule has 1 N–H and O–H groups in total. The highest BCUT2D eigenvalue weighted by atomic mass is 32.2. The zero-order chi connectivity index (χ0) is 27.2. The van der Waals surface area contributed by atoms with E-state index in [1.165, 1.54) is 16.7 Å². The standard InChI is InChI=1S/C25H31N7O4S/c1-13-10-26-17(14(2)19(13)36-8)11-31-20-18-16(29-31)9-15(22(33)30(6)7)12-37-21(18)28-23(27-20)32(24(34)35)25(3,4)5/h9-10H,11-12H2,1-8H3,(H,34,35). The van der Waals surface area contributed by atoms with Crippen LogP contribution in [0.15, 0.2) is 16.8 Å². The fourth-order valence-corrected chi connectivity index (χ4v) is 5.27. The predicted octanol–water partition coefficient (Wildman–Crippen LogP) is 3.76. The molecule has 0 atom stereocenters. The van der Waals surface area contributed by atoms with Gasteiger partial charge in [-0.3, -0.25) is 9.78 Å². The number of ether oxygens (including phenoxy) is 1. The normalized spacial score (nSPS) is 13.2. The van der Waals surface area contributed by atoms with E-state index in [1.54, 1.807) is 58.9 Å². The maximum absolute atomic E-state index is 12.8. The number of hydrogen-bond donors (Lipinski definition) is 1. The number of pyridine rings is 1. The van der Waals surface area contributed by atoms with E-state index in [2.05, 4.69) is 9.97 Å². The van der Waals surface area contributed by atoms with E-state index in [-0.39, 0.29) is 18.4 Å². The minimum absolute atomic E-state index is 0.0521. The maximum atomic E-state index is 12.8. The van der Waals surface area contributed by atoms with Gasteiger partial charge in [-0.1, -0.05) is 0 Å². The van der Waals surface area contributed by atoms with Gasteiger partial charge in [-0.15, -0.1) is 11.8 Å². The van der Waals surface area contributed by atoms with Gasteiger partial charge >= 0.3 is 6.09 Å². The molecular formula is C25H31N7O4S. The minimum Gasteiger partial charge on any atom is -0.496 e. The number of nitrogens with zero attached hydrogens (tertiary/aromatic N) is 7. The lowest BCUT2D eigenvalue weighted by atomic mass is 10.1. The summed E-state index contributed by atoms with van der Waals surface area (Å²) in [6.07, 6.45) is 2.35. The smallest absolute Gasteiger partial charge is 0.414 e. The molecule has 0 saturated heterocycles. The van der Waals surface area contributed by atoms with Gasteiger partial charge in [0.15, 0.2) is 5.65 Å². The van der Waals surface area contributed by atoms with E-state index in [9.17, 15) is 14.7 Å². The number of hydrogen-bond acceptors (Lipinski definition) is 8. The summed E-state index contributed by atoms with van der Waals surface area (Å²) in [6.45, 7) is 9.48. The molecule has 0 bridgehead atoms. The Bertz CT molecular complexity index is 1440. The van der Waals surface area contributed by atoms with Crippen molar-refractivity contribution in [2.45, 2.75) is 51.7 Å². The number of methoxy groups -OCH3 is 1. The molecule has 3 aromatic heterocycles. The highest BCUT2D eigenvalue weighted by Gasteiger charge is 2.33. The first-order valence-electron chi connectivity index (χ1n) is 11.7. The predicted molar refractivity (Wildman–Crippen MR) is 142 cm³/mol. The number of anilines is 1. The monoisotopic (exact) mass is 525 g/mol. The number of rotatable bonds is 5. The molecule has 11 nitrogen and oxygen atoms in total. The molecule has 2 amide bonds. The van der Waals surface area contributed by atoms with Gasteiger partial charge in [0.05, 0.1) is 30.4 Å². The fraction of sp³-hybridized carbons (Fsp3) is 0.440. The summed E-state index contributed by atoms with van der Waals surface area (Å²) in [7, 11) is 5.02. The highest BCUT2D eigenvalue weighted by molar-refractivity contribution is 7.99. The molecule has 37 heavy (non-hydrogen) atoms. The lowest BCUT2D eigenvalue weighted by molar-refractivity contribution is -0.124. The molecule has 0 unspecified atom stereocenters. The fourth-order valence-electron chi connectivity index (χ4n) is 4.28. The zero-order valence-electron chi connectivity index (χ0n) is 22.3. The molecule has 12 heteroatoms. The van der Waals surface area contributed by atoms with Crippen LogP contribution in [0.2, 0.25) is 0 Å². The molecule has 0 saturated carbocycles. The van der Waals surface area contributed by atoms with Crippen LogP contribution in [0.5, 0.6) is 5.75 Å². The van der Waals surface area contributed by atoms with Gasteiger partial charge in [0, 0.05) is 48.3 Å². The van der Waals surface area contributed by atoms with Gasteiger partial charge in [-0.25, -0.2) is 19.4 Å². The summed E-state index contributed by atoms with van der Waals surface area (Å²) in [6, 6.07) is 0. The molecule has 4 rings (SSSR count). The number of aromatic nitrogens is 5. The number of carboxylic acid groups (broad SMARTS) is 1. The van der Waals surface area contributed by atoms with Gasteiger partial charge in [0.25, 0.3) is 0 Å². The summed E-state index contributed by atoms with van der Waals surface area (Å²) in [4.78, 5) is 41.7. The Labute approximate surface area is 219 Å². The van der Waals surface area contributed by atoms with Crippen molar-refractivity contribution in [1.29, 1.82) is 0 Å². The molecule has 0 radical (unpaired) electrons. The van der Waals surface area contributed by atoms with Gasteiger partial charge in [-0.05, 0) is 40.7 Å². The second kappa shape index (κ2) is 9.66. The first kappa shape index (κ1) is 26.4. The van der Waals surface area contributed by atoms with E-state index in [1.807, 2.05) is 13.8 Å². The lowest BCUT2D eigenvalue weighted by Gasteiger charge is -2.31. The number of amides is 2. The van der Waals surface area contributed by atoms with Crippen LogP contribution >= 0.6 is 11.8 Å². The van der Waals surface area contributed by atoms with Gasteiger partial charge < -0.3 is 14.7 Å². The summed E-state index contributed by atoms with van der Waals surface area (Å²) in [5, 5.41) is 16.0. The van der Waals surface area contributed by atoms with E-state index in [0.717, 1.165) is 27.5 Å². The second-order valence-electron chi connectivity index (χ2n) is 10.1. The van der Waals surface area contributed by atoms with Crippen molar-refractivity contribution < 1.29 is 19.4 Å². The molecule has 0 aliphatic carbocycles. The van der Waals surface area contributed by atoms with E-state index < -0.39 is 11.6 Å². The third-order valence-corrected chi connectivity index (χ3v) is 7.07. The second-order valence-corrected chi connectivity index (χ2v) is 11.0. The molecule has 0 aromatic carbocycles. The minimum atomic E-state index is -1.16. The number of aryl methyl sites for hydroxylation is 1. The number of carbonyl (C=O) groups is 2. The van der Waals surface area contributed by atoms with Crippen molar-refractivity contribution in [2.75, 3.05) is 31.9 Å². The topological polar surface area (TPSA) is 127 Å². The first-order chi connectivity index (χ1) is 17.3. The first-order valence-corrected chi connectivity index (χ1v) is 12.7. The number of thioether (sulfide) groups is 1. The third-order valence-electron chi connectivity index (χ3n) is 6.04. The largest absolute Gasteiger partial charge is 0.496 e. The Hall–Kier alpha value is -3.67. The van der Waals surface area contributed by atoms with Crippen LogP contribution in [-0.4, -0.2) is 79.2 Å². The van der Waals surface area contributed by atoms with Crippen molar-refractivity contribution in [2.24, 2.45) is 0 Å². The van der Waals surface area contributed by atoms with Crippen molar-refractivity contribution in [3.8, 4) is 5.75 Å². The van der Waals surface area contributed by atoms with Crippen molar-refractivity contribution in [1.82, 2.24) is 29.6 Å². The Morgan fingerprint density at radius 3 is 2.51 bits per heavy atom. The maximum Gasteiger partial charge on any atom is 0.414 e. The average Bonchev–Trinajstić information content (AvgIpc) is 3.02. The molecule has 4 heterocycles. The Morgan fingerprint density at radius 2 is 1.92 bits per heavy atom. The molecule has 1 aliphatic rings. The van der Waals surface area contributed by atoms with Crippen LogP contribution in [-0.2, 0) is 11.3 Å². The number of carbonyl (C=O) groups excluding carboxylic acids is 1. The molecule has 0 fully saturated rings. The SMILES string of the molecule is COc1c(C)cnc(Cn2nc3c4c(nc(N(C(=O)O)C(C)(C)C)nc42)SCC(C(=O)N(C)C)=C3)c1C. The van der Waals surface area contributed by atoms with Crippen LogP contribution in [0.4, 0.5) is 10.7 Å². The summed E-state index contributed by atoms with van der Waals surface area (Å²) in [5.74, 6) is 1.05. The van der Waals surface area contributed by atoms with Crippen LogP contribution in [0.3, 0.4) is 0 Å². The quantitative estimate of drug-likeness (QED) is 0.495. The van der Waals surface area contributed by atoms with Crippen molar-refractivity contribution >= 4 is 46.8 Å². The van der Waals surface area contributed by atoms with Crippen LogP contribution in [0.1, 0.15) is 43.3 Å². The molecular weight excluding hydrogens is 494 g/mol. The van der Waals surface area contributed by atoms with E-state index in [4.69, 9.17) is 14.8 Å². The van der Waals surface area contributed by atoms with E-state index >= 15 is 0 Å². The van der Waals surface area contributed by atoms with Gasteiger partial charge in [0.1, 0.15) is 10.8 Å². The van der Waals surface area contributed by atoms with Crippen molar-refractivity contribution in [3.05, 3.63) is 34.3 Å². The van der Waals surface area contributed by atoms with Gasteiger partial charge in [0.2, 0.25) is 11.9 Å². The van der Waals surface area contributed by atoms with Crippen molar-refractivity contribution in [3.63, 3.8) is 0 Å². The molecule has 3 aromatic rings. The van der Waals surface area contributed by atoms with Crippen LogP contribution in [0.25, 0.3) is 17.1 Å². The third kappa shape index (κ3) is 4.85. The number of likely N-dealkylation sites (N-methyl/N-ethyl adjacent to an activating group) is 1. The molecule has 196 valence electrons. The zero-order valence-corrected chi connectivity index (χ0v) is 23.1. The van der Waals surface area contributed by atoms with Crippen LogP contribution < -0.4 is 9.64 Å². The highest BCUT2D eigenvalue weighted by Crippen LogP contribution is 2.37. The average molecular weight is 526 g/mol. The lowest BCUT2D eigenvalue weighted by Crippen LogP contribution is -2.46.